The van der Waals surface area contributed by atoms with Crippen molar-refractivity contribution in [3.05, 3.63) is 58.4 Å². The third-order valence-corrected chi connectivity index (χ3v) is 4.35. The molecule has 11 heteroatoms. The van der Waals surface area contributed by atoms with Gasteiger partial charge in [-0.2, -0.15) is 18.2 Å². The zero-order valence-electron chi connectivity index (χ0n) is 13.9. The molecule has 0 saturated heterocycles. The Hall–Kier alpha value is -3.40. The molecule has 1 N–H and O–H groups in total. The lowest BCUT2D eigenvalue weighted by molar-refractivity contribution is -0.136. The van der Waals surface area contributed by atoms with Crippen molar-refractivity contribution in [2.45, 2.75) is 6.18 Å². The fourth-order valence-corrected chi connectivity index (χ4v) is 2.97. The summed E-state index contributed by atoms with van der Waals surface area (Å²) in [6.07, 6.45) is -4.72. The van der Waals surface area contributed by atoms with Crippen LogP contribution in [0.25, 0.3) is 34.0 Å². The number of hydrogen-bond donors (Lipinski definition) is 1. The summed E-state index contributed by atoms with van der Waals surface area (Å²) in [6, 6.07) is 6.02. The summed E-state index contributed by atoms with van der Waals surface area (Å²) in [7, 11) is 0. The Kier molecular flexibility index (Phi) is 4.30. The van der Waals surface area contributed by atoms with Crippen molar-refractivity contribution in [2.75, 3.05) is 0 Å². The molecule has 0 spiro atoms. The number of aromatic nitrogens is 2. The van der Waals surface area contributed by atoms with Crippen LogP contribution in [-0.4, -0.2) is 21.2 Å². The van der Waals surface area contributed by atoms with Gasteiger partial charge >= 0.3 is 12.1 Å². The van der Waals surface area contributed by atoms with E-state index in [0.717, 1.165) is 6.07 Å². The molecule has 2 aromatic heterocycles. The minimum Gasteiger partial charge on any atom is -0.478 e. The van der Waals surface area contributed by atoms with Gasteiger partial charge in [-0.25, -0.2) is 9.18 Å². The van der Waals surface area contributed by atoms with Crippen LogP contribution in [0, 0.1) is 5.82 Å². The van der Waals surface area contributed by atoms with Crippen LogP contribution in [0.3, 0.4) is 0 Å². The Labute approximate surface area is 163 Å². The van der Waals surface area contributed by atoms with Crippen LogP contribution < -0.4 is 0 Å². The predicted octanol–water partition coefficient (Wildman–Crippen LogP) is 5.66. The number of carbonyl (C=O) groups is 1. The van der Waals surface area contributed by atoms with Gasteiger partial charge in [-0.1, -0.05) is 16.8 Å². The first-order valence-electron chi connectivity index (χ1n) is 7.81. The first-order chi connectivity index (χ1) is 13.6. The number of furan rings is 1. The highest BCUT2D eigenvalue weighted by Crippen LogP contribution is 2.39. The maximum absolute atomic E-state index is 13.9. The van der Waals surface area contributed by atoms with Gasteiger partial charge in [0.05, 0.1) is 16.1 Å². The fourth-order valence-electron chi connectivity index (χ4n) is 2.71. The van der Waals surface area contributed by atoms with Crippen molar-refractivity contribution in [3.63, 3.8) is 0 Å². The minimum absolute atomic E-state index is 0.0206. The molecule has 0 amide bonds. The Morgan fingerprint density at radius 3 is 2.55 bits per heavy atom. The van der Waals surface area contributed by atoms with E-state index >= 15 is 0 Å². The molecule has 6 nitrogen and oxygen atoms in total. The van der Waals surface area contributed by atoms with Crippen LogP contribution in [0.2, 0.25) is 5.02 Å². The predicted molar refractivity (Wildman–Crippen MR) is 91.9 cm³/mol. The quantitative estimate of drug-likeness (QED) is 0.425. The van der Waals surface area contributed by atoms with Gasteiger partial charge in [0.15, 0.2) is 17.2 Å². The molecule has 2 aromatic carbocycles. The average molecular weight is 427 g/mol. The standard InChI is InChI=1S/C18H7ClF4N2O4/c19-11-5-7(17(26)27)1-2-8(11)15-24-16(29-25-15)13-6-9-10(18(21,22)23)3-4-12(20)14(9)28-13/h1-6H,(H,26,27). The number of hydrogen-bond acceptors (Lipinski definition) is 5. The first-order valence-corrected chi connectivity index (χ1v) is 8.19. The van der Waals surface area contributed by atoms with Crippen LogP contribution >= 0.6 is 11.6 Å². The number of alkyl halides is 3. The summed E-state index contributed by atoms with van der Waals surface area (Å²) in [5, 5.41) is 12.2. The maximum Gasteiger partial charge on any atom is 0.417 e. The number of carboxylic acid groups (broad SMARTS) is 1. The fraction of sp³-hybridized carbons (Fsp3) is 0.0556. The smallest absolute Gasteiger partial charge is 0.417 e. The molecule has 0 aliphatic heterocycles. The molecule has 4 aromatic rings. The van der Waals surface area contributed by atoms with Crippen molar-refractivity contribution in [3.8, 4) is 23.0 Å². The number of rotatable bonds is 3. The molecular formula is C18H7ClF4N2O4. The van der Waals surface area contributed by atoms with Gasteiger partial charge < -0.3 is 14.0 Å². The first kappa shape index (κ1) is 18.9. The summed E-state index contributed by atoms with van der Waals surface area (Å²) in [5.74, 6) is -2.79. The van der Waals surface area contributed by atoms with E-state index in [1.807, 2.05) is 0 Å². The summed E-state index contributed by atoms with van der Waals surface area (Å²) >= 11 is 6.04. The number of carboxylic acids is 1. The SMILES string of the molecule is O=C(O)c1ccc(-c2noc(-c3cc4c(C(F)(F)F)ccc(F)c4o3)n2)c(Cl)c1. The zero-order valence-corrected chi connectivity index (χ0v) is 14.7. The second-order valence-electron chi connectivity index (χ2n) is 5.87. The molecule has 0 fully saturated rings. The lowest BCUT2D eigenvalue weighted by Gasteiger charge is -2.06. The van der Waals surface area contributed by atoms with Crippen molar-refractivity contribution >= 4 is 28.5 Å². The summed E-state index contributed by atoms with van der Waals surface area (Å²) < 4.78 is 63.5. The van der Waals surface area contributed by atoms with E-state index < -0.39 is 34.5 Å². The Morgan fingerprint density at radius 1 is 1.14 bits per heavy atom. The second kappa shape index (κ2) is 6.59. The highest BCUT2D eigenvalue weighted by atomic mass is 35.5. The van der Waals surface area contributed by atoms with Crippen molar-refractivity contribution in [1.82, 2.24) is 10.1 Å². The largest absolute Gasteiger partial charge is 0.478 e. The van der Waals surface area contributed by atoms with Gasteiger partial charge in [0.1, 0.15) is 0 Å². The number of benzene rings is 2. The molecule has 0 saturated carbocycles. The number of halogens is 5. The molecule has 0 aliphatic carbocycles. The molecule has 0 radical (unpaired) electrons. The van der Waals surface area contributed by atoms with Crippen LogP contribution in [0.1, 0.15) is 15.9 Å². The molecule has 0 aliphatic rings. The number of nitrogens with zero attached hydrogens (tertiary/aromatic N) is 2. The third-order valence-electron chi connectivity index (χ3n) is 4.03. The van der Waals surface area contributed by atoms with Crippen LogP contribution in [0.5, 0.6) is 0 Å². The summed E-state index contributed by atoms with van der Waals surface area (Å²) in [6.45, 7) is 0. The molecular weight excluding hydrogens is 420 g/mol. The van der Waals surface area contributed by atoms with Gasteiger partial charge in [0.25, 0.3) is 5.89 Å². The summed E-state index contributed by atoms with van der Waals surface area (Å²) in [4.78, 5) is 15.0. The van der Waals surface area contributed by atoms with Gasteiger partial charge in [0.2, 0.25) is 5.82 Å². The monoisotopic (exact) mass is 426 g/mol. The molecule has 0 unspecified atom stereocenters. The van der Waals surface area contributed by atoms with Crippen molar-refractivity contribution in [2.24, 2.45) is 0 Å². The van der Waals surface area contributed by atoms with Crippen molar-refractivity contribution < 1.29 is 36.4 Å². The Balaban J connectivity index is 1.78. The summed E-state index contributed by atoms with van der Waals surface area (Å²) in [5.41, 5.74) is -1.51. The minimum atomic E-state index is -4.72. The van der Waals surface area contributed by atoms with E-state index in [1.54, 1.807) is 0 Å². The van der Waals surface area contributed by atoms with Crippen LogP contribution in [0.15, 0.2) is 45.3 Å². The van der Waals surface area contributed by atoms with Gasteiger partial charge in [-0.3, -0.25) is 0 Å². The maximum atomic E-state index is 13.9. The second-order valence-corrected chi connectivity index (χ2v) is 6.28. The van der Waals surface area contributed by atoms with E-state index in [4.69, 9.17) is 25.6 Å². The number of fused-ring (bicyclic) bond motifs is 1. The van der Waals surface area contributed by atoms with Gasteiger partial charge in [0, 0.05) is 10.9 Å². The van der Waals surface area contributed by atoms with E-state index in [0.29, 0.717) is 12.1 Å². The van der Waals surface area contributed by atoms with Gasteiger partial charge in [-0.05, 0) is 36.4 Å². The van der Waals surface area contributed by atoms with Crippen LogP contribution in [0.4, 0.5) is 17.6 Å². The molecule has 0 atom stereocenters. The topological polar surface area (TPSA) is 89.4 Å². The molecule has 0 bridgehead atoms. The van der Waals surface area contributed by atoms with Crippen molar-refractivity contribution in [1.29, 1.82) is 0 Å². The van der Waals surface area contributed by atoms with Gasteiger partial charge in [-0.15, -0.1) is 0 Å². The zero-order chi connectivity index (χ0) is 20.9. The highest BCUT2D eigenvalue weighted by Gasteiger charge is 2.34. The molecule has 4 rings (SSSR count). The average Bonchev–Trinajstić information content (AvgIpc) is 3.28. The van der Waals surface area contributed by atoms with Crippen LogP contribution in [-0.2, 0) is 6.18 Å². The van der Waals surface area contributed by atoms with E-state index in [9.17, 15) is 22.4 Å². The number of aromatic carboxylic acids is 1. The lowest BCUT2D eigenvalue weighted by atomic mass is 10.1. The molecule has 29 heavy (non-hydrogen) atoms. The van der Waals surface area contributed by atoms with E-state index in [-0.39, 0.29) is 33.6 Å². The molecule has 2 heterocycles. The highest BCUT2D eigenvalue weighted by molar-refractivity contribution is 6.33. The third kappa shape index (κ3) is 3.31. The molecule has 148 valence electrons. The lowest BCUT2D eigenvalue weighted by Crippen LogP contribution is -2.05. The van der Waals surface area contributed by atoms with E-state index in [2.05, 4.69) is 10.1 Å². The van der Waals surface area contributed by atoms with E-state index in [1.165, 1.54) is 18.2 Å². The Bertz CT molecular complexity index is 1260. The normalized spacial score (nSPS) is 11.9. The Morgan fingerprint density at radius 2 is 1.90 bits per heavy atom.